The van der Waals surface area contributed by atoms with Gasteiger partial charge in [0.2, 0.25) is 11.8 Å². The molecule has 0 saturated heterocycles. The molecule has 2 rings (SSSR count). The molecule has 0 aliphatic carbocycles. The van der Waals surface area contributed by atoms with Crippen LogP contribution in [0.4, 0.5) is 15.8 Å². The number of anilines is 2. The molecule has 0 fully saturated rings. The van der Waals surface area contributed by atoms with E-state index in [2.05, 4.69) is 26.6 Å². The molecule has 0 saturated carbocycles. The molecule has 2 aromatic carbocycles. The fourth-order valence-electron chi connectivity index (χ4n) is 1.75. The second-order valence-corrected chi connectivity index (χ2v) is 6.48. The van der Waals surface area contributed by atoms with Gasteiger partial charge < -0.3 is 10.6 Å². The number of hydrogen-bond acceptors (Lipinski definition) is 3. The number of thioether (sulfide) groups is 1. The number of hydrogen-bond donors (Lipinski definition) is 2. The third-order valence-electron chi connectivity index (χ3n) is 2.72. The van der Waals surface area contributed by atoms with E-state index in [0.717, 1.165) is 16.2 Å². The van der Waals surface area contributed by atoms with Crippen LogP contribution in [0.25, 0.3) is 0 Å². The van der Waals surface area contributed by atoms with Crippen molar-refractivity contribution in [3.8, 4) is 0 Å². The third-order valence-corrected chi connectivity index (χ3v) is 4.15. The standard InChI is InChI=1S/C16H14BrFN2O2S/c17-11-4-3-5-12(8-11)19-15(21)9-23-10-16(22)20-14-7-2-1-6-13(14)18/h1-8H,9-10H2,(H,19,21)(H,20,22). The number of amides is 2. The molecule has 0 aliphatic rings. The lowest BCUT2D eigenvalue weighted by Gasteiger charge is -2.07. The molecular weight excluding hydrogens is 383 g/mol. The Labute approximate surface area is 146 Å². The lowest BCUT2D eigenvalue weighted by atomic mass is 10.3. The summed E-state index contributed by atoms with van der Waals surface area (Å²) in [7, 11) is 0. The lowest BCUT2D eigenvalue weighted by Crippen LogP contribution is -2.18. The first-order valence-electron chi connectivity index (χ1n) is 6.72. The fourth-order valence-corrected chi connectivity index (χ4v) is 2.77. The molecular formula is C16H14BrFN2O2S. The quantitative estimate of drug-likeness (QED) is 0.778. The van der Waals surface area contributed by atoms with Gasteiger partial charge >= 0.3 is 0 Å². The number of carbonyl (C=O) groups is 2. The lowest BCUT2D eigenvalue weighted by molar-refractivity contribution is -0.114. The van der Waals surface area contributed by atoms with E-state index in [4.69, 9.17) is 0 Å². The Morgan fingerprint density at radius 3 is 2.39 bits per heavy atom. The maximum atomic E-state index is 13.4. The second kappa shape index (κ2) is 8.69. The normalized spacial score (nSPS) is 10.2. The Hall–Kier alpha value is -1.86. The van der Waals surface area contributed by atoms with Gasteiger partial charge in [-0.2, -0.15) is 0 Å². The highest BCUT2D eigenvalue weighted by Crippen LogP contribution is 2.16. The number of nitrogens with one attached hydrogen (secondary N) is 2. The molecule has 0 aliphatic heterocycles. The molecule has 0 aromatic heterocycles. The molecule has 2 aromatic rings. The fraction of sp³-hybridized carbons (Fsp3) is 0.125. The highest BCUT2D eigenvalue weighted by Gasteiger charge is 2.08. The van der Waals surface area contributed by atoms with Gasteiger partial charge in [0.25, 0.3) is 0 Å². The first kappa shape index (κ1) is 17.5. The average Bonchev–Trinajstić information content (AvgIpc) is 2.49. The minimum Gasteiger partial charge on any atom is -0.325 e. The number of benzene rings is 2. The number of para-hydroxylation sites is 1. The van der Waals surface area contributed by atoms with E-state index in [9.17, 15) is 14.0 Å². The Balaban J connectivity index is 1.73. The largest absolute Gasteiger partial charge is 0.325 e. The molecule has 0 bridgehead atoms. The highest BCUT2D eigenvalue weighted by atomic mass is 79.9. The number of rotatable bonds is 6. The van der Waals surface area contributed by atoms with Gasteiger partial charge in [-0.05, 0) is 30.3 Å². The topological polar surface area (TPSA) is 58.2 Å². The zero-order chi connectivity index (χ0) is 16.7. The predicted molar refractivity (Wildman–Crippen MR) is 95.1 cm³/mol. The molecule has 0 unspecified atom stereocenters. The van der Waals surface area contributed by atoms with Crippen LogP contribution in [0.2, 0.25) is 0 Å². The monoisotopic (exact) mass is 396 g/mol. The zero-order valence-electron chi connectivity index (χ0n) is 12.0. The summed E-state index contributed by atoms with van der Waals surface area (Å²) in [5.74, 6) is -0.836. The van der Waals surface area contributed by atoms with Crippen molar-refractivity contribution in [2.24, 2.45) is 0 Å². The van der Waals surface area contributed by atoms with Crippen molar-refractivity contribution in [1.82, 2.24) is 0 Å². The minimum absolute atomic E-state index is 0.0697. The van der Waals surface area contributed by atoms with E-state index in [1.54, 1.807) is 24.3 Å². The molecule has 7 heteroatoms. The Morgan fingerprint density at radius 1 is 1.00 bits per heavy atom. The Bertz CT molecular complexity index is 712. The van der Waals surface area contributed by atoms with Crippen LogP contribution in [0.3, 0.4) is 0 Å². The number of carbonyl (C=O) groups excluding carboxylic acids is 2. The summed E-state index contributed by atoms with van der Waals surface area (Å²) in [4.78, 5) is 23.5. The summed E-state index contributed by atoms with van der Waals surface area (Å²) in [6.45, 7) is 0. The first-order chi connectivity index (χ1) is 11.0. The molecule has 0 heterocycles. The van der Waals surface area contributed by atoms with Gasteiger partial charge in [-0.1, -0.05) is 34.1 Å². The summed E-state index contributed by atoms with van der Waals surface area (Å²) >= 11 is 4.48. The third kappa shape index (κ3) is 6.03. The second-order valence-electron chi connectivity index (χ2n) is 4.58. The molecule has 0 atom stereocenters. The van der Waals surface area contributed by atoms with E-state index < -0.39 is 5.82 Å². The molecule has 4 nitrogen and oxygen atoms in total. The minimum atomic E-state index is -0.488. The van der Waals surface area contributed by atoms with Crippen molar-refractivity contribution >= 4 is 50.9 Å². The molecule has 0 radical (unpaired) electrons. The van der Waals surface area contributed by atoms with Crippen LogP contribution in [0.5, 0.6) is 0 Å². The van der Waals surface area contributed by atoms with Gasteiger partial charge in [0.05, 0.1) is 17.2 Å². The molecule has 23 heavy (non-hydrogen) atoms. The summed E-state index contributed by atoms with van der Waals surface area (Å²) in [5, 5.41) is 5.20. The van der Waals surface area contributed by atoms with Gasteiger partial charge in [0.15, 0.2) is 0 Å². The zero-order valence-corrected chi connectivity index (χ0v) is 14.4. The summed E-state index contributed by atoms with van der Waals surface area (Å²) < 4.78 is 14.3. The maximum Gasteiger partial charge on any atom is 0.234 e. The Morgan fingerprint density at radius 2 is 1.70 bits per heavy atom. The molecule has 120 valence electrons. The summed E-state index contributed by atoms with van der Waals surface area (Å²) in [5.41, 5.74) is 0.817. The van der Waals surface area contributed by atoms with Crippen LogP contribution in [0.15, 0.2) is 53.0 Å². The van der Waals surface area contributed by atoms with Crippen LogP contribution >= 0.6 is 27.7 Å². The molecule has 0 spiro atoms. The predicted octanol–water partition coefficient (Wildman–Crippen LogP) is 3.90. The smallest absolute Gasteiger partial charge is 0.234 e. The molecule has 2 N–H and O–H groups in total. The Kier molecular flexibility index (Phi) is 6.61. The van der Waals surface area contributed by atoms with Crippen LogP contribution in [0.1, 0.15) is 0 Å². The van der Waals surface area contributed by atoms with Crippen molar-refractivity contribution in [3.05, 3.63) is 58.8 Å². The van der Waals surface area contributed by atoms with Crippen LogP contribution in [-0.2, 0) is 9.59 Å². The first-order valence-corrected chi connectivity index (χ1v) is 8.67. The maximum absolute atomic E-state index is 13.4. The van der Waals surface area contributed by atoms with E-state index in [0.29, 0.717) is 5.69 Å². The van der Waals surface area contributed by atoms with E-state index in [1.807, 2.05) is 12.1 Å². The van der Waals surface area contributed by atoms with Crippen LogP contribution in [-0.4, -0.2) is 23.3 Å². The van der Waals surface area contributed by atoms with Gasteiger partial charge in [-0.15, -0.1) is 11.8 Å². The van der Waals surface area contributed by atoms with E-state index in [1.165, 1.54) is 12.1 Å². The summed E-state index contributed by atoms with van der Waals surface area (Å²) in [6, 6.07) is 13.2. The average molecular weight is 397 g/mol. The van der Waals surface area contributed by atoms with E-state index in [-0.39, 0.29) is 29.0 Å². The van der Waals surface area contributed by atoms with Crippen LogP contribution < -0.4 is 10.6 Å². The van der Waals surface area contributed by atoms with Gasteiger partial charge in [-0.25, -0.2) is 4.39 Å². The van der Waals surface area contributed by atoms with Crippen molar-refractivity contribution < 1.29 is 14.0 Å². The van der Waals surface area contributed by atoms with E-state index >= 15 is 0 Å². The van der Waals surface area contributed by atoms with Crippen LogP contribution in [0, 0.1) is 5.82 Å². The van der Waals surface area contributed by atoms with Gasteiger partial charge in [0.1, 0.15) is 5.82 Å². The summed E-state index contributed by atoms with van der Waals surface area (Å²) in [6.07, 6.45) is 0. The van der Waals surface area contributed by atoms with Gasteiger partial charge in [-0.3, -0.25) is 9.59 Å². The number of halogens is 2. The SMILES string of the molecule is O=C(CSCC(=O)Nc1ccccc1F)Nc1cccc(Br)c1. The van der Waals surface area contributed by atoms with Crippen molar-refractivity contribution in [1.29, 1.82) is 0 Å². The van der Waals surface area contributed by atoms with Crippen molar-refractivity contribution in [2.45, 2.75) is 0 Å². The van der Waals surface area contributed by atoms with Gasteiger partial charge in [0, 0.05) is 10.2 Å². The van der Waals surface area contributed by atoms with Crippen molar-refractivity contribution in [2.75, 3.05) is 22.1 Å². The highest BCUT2D eigenvalue weighted by molar-refractivity contribution is 9.10. The van der Waals surface area contributed by atoms with Crippen molar-refractivity contribution in [3.63, 3.8) is 0 Å². The molecule has 2 amide bonds.